The molecule has 1 aliphatic heterocycles. The van der Waals surface area contributed by atoms with Crippen molar-refractivity contribution in [1.29, 1.82) is 5.26 Å². The van der Waals surface area contributed by atoms with Crippen molar-refractivity contribution >= 4 is 0 Å². The van der Waals surface area contributed by atoms with Crippen LogP contribution in [-0.4, -0.2) is 28.1 Å². The Morgan fingerprint density at radius 2 is 2.50 bits per heavy atom. The van der Waals surface area contributed by atoms with Crippen LogP contribution < -0.4 is 0 Å². The minimum Gasteiger partial charge on any atom is -0.387 e. The molecule has 0 saturated carbocycles. The number of ether oxygens (including phenoxy) is 1. The minimum atomic E-state index is -0.825. The summed E-state index contributed by atoms with van der Waals surface area (Å²) in [4.78, 5) is 0. The number of hydrogen-bond acceptors (Lipinski definition) is 4. The Labute approximate surface area is 94.3 Å². The molecule has 1 N–H and O–H groups in total. The van der Waals surface area contributed by atoms with E-state index < -0.39 is 11.5 Å². The Morgan fingerprint density at radius 3 is 2.94 bits per heavy atom. The summed E-state index contributed by atoms with van der Waals surface area (Å²) in [6.45, 7) is 2.66. The van der Waals surface area contributed by atoms with Crippen LogP contribution in [0.5, 0.6) is 0 Å². The molecule has 0 aliphatic carbocycles. The number of aliphatic hydroxyl groups excluding tert-OH is 1. The summed E-state index contributed by atoms with van der Waals surface area (Å²) in [5, 5.41) is 23.7. The van der Waals surface area contributed by atoms with Crippen molar-refractivity contribution in [1.82, 2.24) is 9.78 Å². The topological polar surface area (TPSA) is 71.1 Å². The highest BCUT2D eigenvalue weighted by molar-refractivity contribution is 5.24. The van der Waals surface area contributed by atoms with Crippen LogP contribution in [0.4, 0.5) is 0 Å². The van der Waals surface area contributed by atoms with E-state index in [4.69, 9.17) is 4.74 Å². The van der Waals surface area contributed by atoms with Gasteiger partial charge in [-0.15, -0.1) is 0 Å². The van der Waals surface area contributed by atoms with Gasteiger partial charge in [0.1, 0.15) is 11.5 Å². The van der Waals surface area contributed by atoms with Crippen molar-refractivity contribution in [2.24, 2.45) is 12.5 Å². The molecule has 1 aromatic rings. The third-order valence-electron chi connectivity index (χ3n) is 3.14. The van der Waals surface area contributed by atoms with E-state index in [0.717, 1.165) is 11.3 Å². The molecule has 1 fully saturated rings. The monoisotopic (exact) mass is 221 g/mol. The van der Waals surface area contributed by atoms with E-state index in [0.29, 0.717) is 19.6 Å². The van der Waals surface area contributed by atoms with Crippen LogP contribution in [-0.2, 0) is 11.8 Å². The molecule has 2 atom stereocenters. The normalized spacial score (nSPS) is 26.6. The Hall–Kier alpha value is -1.38. The quantitative estimate of drug-likeness (QED) is 0.797. The number of aryl methyl sites for hydroxylation is 2. The molecule has 2 unspecified atom stereocenters. The molecular formula is C11H15N3O2. The lowest BCUT2D eigenvalue weighted by Crippen LogP contribution is -2.28. The van der Waals surface area contributed by atoms with Crippen LogP contribution in [0.25, 0.3) is 0 Å². The molecule has 1 aromatic heterocycles. The van der Waals surface area contributed by atoms with Gasteiger partial charge < -0.3 is 9.84 Å². The standard InChI is InChI=1S/C11H15N3O2/c1-8-9(5-14(2)13-8)10(15)11(6-12)3-4-16-7-11/h5,10,15H,3-4,7H2,1-2H3. The first-order chi connectivity index (χ1) is 7.59. The fourth-order valence-electron chi connectivity index (χ4n) is 2.13. The zero-order valence-electron chi connectivity index (χ0n) is 9.47. The SMILES string of the molecule is Cc1nn(C)cc1C(O)C1(C#N)CCOC1. The van der Waals surface area contributed by atoms with Gasteiger partial charge in [0.15, 0.2) is 0 Å². The van der Waals surface area contributed by atoms with E-state index in [1.165, 1.54) is 0 Å². The van der Waals surface area contributed by atoms with Gasteiger partial charge in [-0.1, -0.05) is 0 Å². The van der Waals surface area contributed by atoms with Crippen LogP contribution in [0.2, 0.25) is 0 Å². The van der Waals surface area contributed by atoms with E-state index in [2.05, 4.69) is 11.2 Å². The van der Waals surface area contributed by atoms with Crippen LogP contribution in [0, 0.1) is 23.7 Å². The highest BCUT2D eigenvalue weighted by Gasteiger charge is 2.44. The van der Waals surface area contributed by atoms with Gasteiger partial charge in [0, 0.05) is 25.4 Å². The van der Waals surface area contributed by atoms with Gasteiger partial charge in [-0.05, 0) is 13.3 Å². The molecule has 86 valence electrons. The zero-order valence-corrected chi connectivity index (χ0v) is 9.47. The van der Waals surface area contributed by atoms with Gasteiger partial charge in [0.05, 0.1) is 18.4 Å². The van der Waals surface area contributed by atoms with E-state index in [9.17, 15) is 10.4 Å². The van der Waals surface area contributed by atoms with Gasteiger partial charge in [-0.2, -0.15) is 10.4 Å². The number of aliphatic hydroxyl groups is 1. The third kappa shape index (κ3) is 1.60. The largest absolute Gasteiger partial charge is 0.387 e. The van der Waals surface area contributed by atoms with E-state index in [1.54, 1.807) is 17.9 Å². The fourth-order valence-corrected chi connectivity index (χ4v) is 2.13. The second-order valence-corrected chi connectivity index (χ2v) is 4.32. The predicted molar refractivity (Wildman–Crippen MR) is 56.4 cm³/mol. The third-order valence-corrected chi connectivity index (χ3v) is 3.14. The molecule has 2 rings (SSSR count). The molecule has 2 heterocycles. The molecule has 16 heavy (non-hydrogen) atoms. The van der Waals surface area contributed by atoms with Gasteiger partial charge in [0.25, 0.3) is 0 Å². The minimum absolute atomic E-state index is 0.291. The summed E-state index contributed by atoms with van der Waals surface area (Å²) < 4.78 is 6.88. The number of hydrogen-bond donors (Lipinski definition) is 1. The van der Waals surface area contributed by atoms with Crippen LogP contribution in [0.3, 0.4) is 0 Å². The maximum atomic E-state index is 10.3. The summed E-state index contributed by atoms with van der Waals surface area (Å²) in [6.07, 6.45) is 1.50. The molecule has 5 nitrogen and oxygen atoms in total. The lowest BCUT2D eigenvalue weighted by Gasteiger charge is -2.24. The Bertz CT molecular complexity index is 427. The average molecular weight is 221 g/mol. The van der Waals surface area contributed by atoms with Crippen LogP contribution in [0.15, 0.2) is 6.20 Å². The van der Waals surface area contributed by atoms with Gasteiger partial charge in [-0.25, -0.2) is 0 Å². The number of nitriles is 1. The highest BCUT2D eigenvalue weighted by Crippen LogP contribution is 2.41. The van der Waals surface area contributed by atoms with Crippen molar-refractivity contribution in [2.75, 3.05) is 13.2 Å². The first-order valence-electron chi connectivity index (χ1n) is 5.26. The molecule has 5 heteroatoms. The zero-order chi connectivity index (χ0) is 11.8. The van der Waals surface area contributed by atoms with Gasteiger partial charge >= 0.3 is 0 Å². The lowest BCUT2D eigenvalue weighted by atomic mass is 9.80. The Balaban J connectivity index is 2.34. The summed E-state index contributed by atoms with van der Waals surface area (Å²) in [7, 11) is 1.80. The molecule has 0 bridgehead atoms. The van der Waals surface area contributed by atoms with Crippen molar-refractivity contribution in [3.8, 4) is 6.07 Å². The molecule has 0 aromatic carbocycles. The molecule has 0 radical (unpaired) electrons. The highest BCUT2D eigenvalue weighted by atomic mass is 16.5. The summed E-state index contributed by atoms with van der Waals surface area (Å²) in [5.74, 6) is 0. The van der Waals surface area contributed by atoms with Gasteiger partial charge in [0.2, 0.25) is 0 Å². The maximum absolute atomic E-state index is 10.3. The van der Waals surface area contributed by atoms with Crippen molar-refractivity contribution in [3.63, 3.8) is 0 Å². The number of aromatic nitrogens is 2. The van der Waals surface area contributed by atoms with E-state index >= 15 is 0 Å². The molecule has 1 aliphatic rings. The van der Waals surface area contributed by atoms with Crippen molar-refractivity contribution in [3.05, 3.63) is 17.5 Å². The lowest BCUT2D eigenvalue weighted by molar-refractivity contribution is 0.0499. The predicted octanol–water partition coefficient (Wildman–Crippen LogP) is 0.692. The Kier molecular flexibility index (Phi) is 2.70. The first-order valence-corrected chi connectivity index (χ1v) is 5.26. The maximum Gasteiger partial charge on any atom is 0.113 e. The number of nitrogens with zero attached hydrogens (tertiary/aromatic N) is 3. The van der Waals surface area contributed by atoms with Crippen LogP contribution >= 0.6 is 0 Å². The molecular weight excluding hydrogens is 206 g/mol. The molecule has 0 spiro atoms. The second kappa shape index (κ2) is 3.89. The van der Waals surface area contributed by atoms with Gasteiger partial charge in [-0.3, -0.25) is 4.68 Å². The van der Waals surface area contributed by atoms with Crippen molar-refractivity contribution < 1.29 is 9.84 Å². The Morgan fingerprint density at radius 1 is 1.75 bits per heavy atom. The summed E-state index contributed by atoms with van der Waals surface area (Å²) in [5.41, 5.74) is 0.666. The number of rotatable bonds is 2. The first kappa shape index (κ1) is 11.1. The van der Waals surface area contributed by atoms with E-state index in [-0.39, 0.29) is 0 Å². The van der Waals surface area contributed by atoms with Crippen LogP contribution in [0.1, 0.15) is 23.8 Å². The van der Waals surface area contributed by atoms with E-state index in [1.807, 2.05) is 6.92 Å². The molecule has 1 saturated heterocycles. The fraction of sp³-hybridized carbons (Fsp3) is 0.636. The summed E-state index contributed by atoms with van der Waals surface area (Å²) in [6, 6.07) is 2.20. The van der Waals surface area contributed by atoms with Crippen molar-refractivity contribution in [2.45, 2.75) is 19.4 Å². The smallest absolute Gasteiger partial charge is 0.113 e. The summed E-state index contributed by atoms with van der Waals surface area (Å²) >= 11 is 0. The average Bonchev–Trinajstić information content (AvgIpc) is 2.85. The molecule has 0 amide bonds. The second-order valence-electron chi connectivity index (χ2n) is 4.32.